The summed E-state index contributed by atoms with van der Waals surface area (Å²) < 4.78 is 5.91. The van der Waals surface area contributed by atoms with Crippen molar-refractivity contribution in [2.45, 2.75) is 31.3 Å². The fraction of sp³-hybridized carbons (Fsp3) is 0.182. The van der Waals surface area contributed by atoms with Crippen molar-refractivity contribution in [1.29, 1.82) is 0 Å². The summed E-state index contributed by atoms with van der Waals surface area (Å²) in [4.78, 5) is 5.02. The van der Waals surface area contributed by atoms with Gasteiger partial charge in [0.1, 0.15) is 5.58 Å². The zero-order chi connectivity index (χ0) is 24.3. The van der Waals surface area contributed by atoms with Crippen LogP contribution in [0, 0.1) is 5.92 Å². The van der Waals surface area contributed by atoms with Crippen molar-refractivity contribution in [3.8, 4) is 11.1 Å². The van der Waals surface area contributed by atoms with Crippen LogP contribution in [0.1, 0.15) is 48.3 Å². The Kier molecular flexibility index (Phi) is 4.77. The molecule has 0 saturated carbocycles. The number of nitrogens with zero attached hydrogens (tertiary/aromatic N) is 1. The summed E-state index contributed by atoms with van der Waals surface area (Å²) in [5, 5.41) is 5.26. The fourth-order valence-electron chi connectivity index (χ4n) is 6.53. The minimum atomic E-state index is -0.229. The molecule has 5 aromatic rings. The molecule has 3 unspecified atom stereocenters. The van der Waals surface area contributed by atoms with Gasteiger partial charge in [-0.25, -0.2) is 0 Å². The Morgan fingerprint density at radius 1 is 0.806 bits per heavy atom. The quantitative estimate of drug-likeness (QED) is 0.286. The maximum absolute atomic E-state index is 5.91. The zero-order valence-electron chi connectivity index (χ0n) is 20.5. The van der Waals surface area contributed by atoms with Crippen molar-refractivity contribution in [2.24, 2.45) is 5.92 Å². The van der Waals surface area contributed by atoms with Crippen molar-refractivity contribution >= 4 is 16.5 Å². The molecule has 1 aliphatic heterocycles. The zero-order valence-corrected chi connectivity index (χ0v) is 20.5. The Bertz CT molecular complexity index is 1600. The highest BCUT2D eigenvalue weighted by Gasteiger charge is 2.48. The molecule has 0 radical (unpaired) electrons. The summed E-state index contributed by atoms with van der Waals surface area (Å²) in [7, 11) is 0. The second-order valence-electron chi connectivity index (χ2n) is 10.5. The summed E-state index contributed by atoms with van der Waals surface area (Å²) in [6, 6.07) is 32.5. The Morgan fingerprint density at radius 2 is 1.58 bits per heavy atom. The highest BCUT2D eigenvalue weighted by atomic mass is 16.3. The molecule has 1 aliphatic carbocycles. The van der Waals surface area contributed by atoms with Crippen molar-refractivity contribution in [3.63, 3.8) is 0 Å². The number of hydrogen-bond donors (Lipinski definition) is 1. The van der Waals surface area contributed by atoms with Gasteiger partial charge in [0, 0.05) is 34.5 Å². The average Bonchev–Trinajstić information content (AvgIpc) is 3.39. The fourth-order valence-corrected chi connectivity index (χ4v) is 6.53. The van der Waals surface area contributed by atoms with E-state index in [-0.39, 0.29) is 23.4 Å². The lowest BCUT2D eigenvalue weighted by Crippen LogP contribution is -2.44. The lowest BCUT2D eigenvalue weighted by Gasteiger charge is -2.45. The molecule has 0 saturated heterocycles. The van der Waals surface area contributed by atoms with Gasteiger partial charge in [-0.1, -0.05) is 92.7 Å². The number of nitrogens with one attached hydrogen (secondary N) is 1. The summed E-state index contributed by atoms with van der Waals surface area (Å²) in [6.07, 6.45) is 6.19. The van der Waals surface area contributed by atoms with Crippen LogP contribution >= 0.6 is 0 Å². The van der Waals surface area contributed by atoms with Gasteiger partial charge in [-0.05, 0) is 46.0 Å². The van der Waals surface area contributed by atoms with E-state index < -0.39 is 0 Å². The third kappa shape index (κ3) is 3.13. The minimum Gasteiger partial charge on any atom is -0.464 e. The van der Waals surface area contributed by atoms with E-state index in [1.165, 1.54) is 38.8 Å². The highest BCUT2D eigenvalue weighted by Crippen LogP contribution is 2.56. The SMILES string of the molecule is CC1(C)c2ncccc2-c2ccc3occc3c2C2NC(c3ccccc3)C=C(c3ccccc3)C21. The van der Waals surface area contributed by atoms with Crippen LogP contribution in [0.5, 0.6) is 0 Å². The molecular formula is C33H28N2O. The number of aromatic nitrogens is 1. The first-order valence-electron chi connectivity index (χ1n) is 12.7. The summed E-state index contributed by atoms with van der Waals surface area (Å²) in [5.74, 6) is 0.162. The first kappa shape index (κ1) is 21.3. The first-order valence-corrected chi connectivity index (χ1v) is 12.7. The molecule has 176 valence electrons. The minimum absolute atomic E-state index is 0.0657. The Hall–Kier alpha value is -3.95. The van der Waals surface area contributed by atoms with Gasteiger partial charge < -0.3 is 4.42 Å². The normalized spacial score (nSPS) is 22.2. The summed E-state index contributed by atoms with van der Waals surface area (Å²) >= 11 is 0. The lowest BCUT2D eigenvalue weighted by atomic mass is 9.64. The van der Waals surface area contributed by atoms with Crippen molar-refractivity contribution < 1.29 is 4.42 Å². The van der Waals surface area contributed by atoms with Crippen LogP contribution in [0.25, 0.3) is 27.7 Å². The topological polar surface area (TPSA) is 38.1 Å². The number of rotatable bonds is 2. The maximum atomic E-state index is 5.91. The van der Waals surface area contributed by atoms with E-state index in [1.54, 1.807) is 0 Å². The van der Waals surface area contributed by atoms with E-state index >= 15 is 0 Å². The van der Waals surface area contributed by atoms with Crippen LogP contribution in [0.4, 0.5) is 0 Å². The van der Waals surface area contributed by atoms with Crippen LogP contribution in [-0.2, 0) is 5.41 Å². The number of pyridine rings is 1. The van der Waals surface area contributed by atoms with Gasteiger partial charge in [0.05, 0.1) is 18.0 Å². The lowest BCUT2D eigenvalue weighted by molar-refractivity contribution is 0.277. The molecule has 3 atom stereocenters. The van der Waals surface area contributed by atoms with Crippen LogP contribution in [0.15, 0.2) is 114 Å². The molecule has 1 N–H and O–H groups in total. The molecule has 0 spiro atoms. The van der Waals surface area contributed by atoms with Gasteiger partial charge in [0.2, 0.25) is 0 Å². The van der Waals surface area contributed by atoms with E-state index in [1.807, 2.05) is 12.5 Å². The van der Waals surface area contributed by atoms with Gasteiger partial charge in [0.15, 0.2) is 0 Å². The van der Waals surface area contributed by atoms with E-state index in [2.05, 4.69) is 116 Å². The van der Waals surface area contributed by atoms with Gasteiger partial charge in [-0.2, -0.15) is 0 Å². The van der Waals surface area contributed by atoms with Crippen molar-refractivity contribution in [1.82, 2.24) is 10.3 Å². The van der Waals surface area contributed by atoms with Gasteiger partial charge in [-0.15, -0.1) is 0 Å². The van der Waals surface area contributed by atoms with Crippen LogP contribution in [0.2, 0.25) is 0 Å². The number of benzene rings is 3. The third-order valence-electron chi connectivity index (χ3n) is 8.11. The molecular weight excluding hydrogens is 440 g/mol. The predicted molar refractivity (Wildman–Crippen MR) is 145 cm³/mol. The van der Waals surface area contributed by atoms with Gasteiger partial charge >= 0.3 is 0 Å². The van der Waals surface area contributed by atoms with E-state index in [4.69, 9.17) is 9.40 Å². The molecule has 3 heteroatoms. The summed E-state index contributed by atoms with van der Waals surface area (Å²) in [6.45, 7) is 4.71. The Balaban J connectivity index is 1.57. The van der Waals surface area contributed by atoms with Crippen LogP contribution < -0.4 is 5.32 Å². The van der Waals surface area contributed by atoms with Gasteiger partial charge in [0.25, 0.3) is 0 Å². The second-order valence-corrected chi connectivity index (χ2v) is 10.5. The molecule has 2 aliphatic rings. The maximum Gasteiger partial charge on any atom is 0.134 e. The van der Waals surface area contributed by atoms with Gasteiger partial charge in [-0.3, -0.25) is 10.3 Å². The van der Waals surface area contributed by atoms with E-state index in [9.17, 15) is 0 Å². The largest absolute Gasteiger partial charge is 0.464 e. The molecule has 3 heterocycles. The first-order chi connectivity index (χ1) is 17.6. The average molecular weight is 469 g/mol. The molecule has 2 aromatic heterocycles. The number of fused-ring (bicyclic) bond motifs is 7. The molecule has 3 aromatic carbocycles. The highest BCUT2D eigenvalue weighted by molar-refractivity contribution is 5.92. The Labute approximate surface area is 211 Å². The summed E-state index contributed by atoms with van der Waals surface area (Å²) in [5.41, 5.74) is 9.48. The monoisotopic (exact) mass is 468 g/mol. The smallest absolute Gasteiger partial charge is 0.134 e. The van der Waals surface area contributed by atoms with E-state index in [0.717, 1.165) is 11.3 Å². The standard InChI is InChI=1S/C33H28N2O/c1-33(2)30-26(21-10-5-3-6-11-21)20-27(22-12-7-4-8-13-22)35-31(30)29-23(24-14-9-18-34-32(24)33)15-16-28-25(29)17-19-36-28/h3-20,27,30-31,35H,1-2H3. The molecule has 0 bridgehead atoms. The third-order valence-corrected chi connectivity index (χ3v) is 8.11. The molecule has 0 amide bonds. The number of furan rings is 1. The van der Waals surface area contributed by atoms with Crippen LogP contribution in [0.3, 0.4) is 0 Å². The Morgan fingerprint density at radius 3 is 2.39 bits per heavy atom. The molecule has 7 rings (SSSR count). The van der Waals surface area contributed by atoms with E-state index in [0.29, 0.717) is 0 Å². The van der Waals surface area contributed by atoms with Crippen molar-refractivity contribution in [3.05, 3.63) is 132 Å². The second kappa shape index (κ2) is 8.04. The molecule has 3 nitrogen and oxygen atoms in total. The molecule has 36 heavy (non-hydrogen) atoms. The van der Waals surface area contributed by atoms with Crippen molar-refractivity contribution in [2.75, 3.05) is 0 Å². The van der Waals surface area contributed by atoms with Crippen LogP contribution in [-0.4, -0.2) is 4.98 Å². The predicted octanol–water partition coefficient (Wildman–Crippen LogP) is 7.87. The molecule has 0 fully saturated rings. The number of hydrogen-bond acceptors (Lipinski definition) is 3.